The van der Waals surface area contributed by atoms with E-state index in [1.807, 2.05) is 12.1 Å². The zero-order valence-corrected chi connectivity index (χ0v) is 13.8. The van der Waals surface area contributed by atoms with Crippen LogP contribution in [0.15, 0.2) is 27.3 Å². The topological polar surface area (TPSA) is 78.8 Å². The average Bonchev–Trinajstić information content (AvgIpc) is 3.36. The molecule has 2 atom stereocenters. The number of nitrogens with zero attached hydrogens (tertiary/aromatic N) is 4. The first-order chi connectivity index (χ1) is 11.8. The maximum atomic E-state index is 9.51. The van der Waals surface area contributed by atoms with Crippen molar-refractivity contribution in [3.63, 3.8) is 0 Å². The molecule has 2 saturated heterocycles. The van der Waals surface area contributed by atoms with Crippen molar-refractivity contribution in [3.8, 4) is 11.6 Å². The van der Waals surface area contributed by atoms with Gasteiger partial charge < -0.3 is 14.0 Å². The minimum absolute atomic E-state index is 0.267. The second-order valence-electron chi connectivity index (χ2n) is 6.73. The van der Waals surface area contributed by atoms with Gasteiger partial charge in [0.1, 0.15) is 0 Å². The van der Waals surface area contributed by atoms with Crippen LogP contribution in [0.3, 0.4) is 0 Å². The first kappa shape index (κ1) is 15.8. The largest absolute Gasteiger partial charge is 0.461 e. The lowest BCUT2D eigenvalue weighted by Crippen LogP contribution is -2.43. The van der Waals surface area contributed by atoms with Gasteiger partial charge in [0.15, 0.2) is 5.76 Å². The van der Waals surface area contributed by atoms with Crippen LogP contribution in [0.1, 0.15) is 31.6 Å². The second-order valence-corrected chi connectivity index (χ2v) is 6.73. The van der Waals surface area contributed by atoms with E-state index >= 15 is 0 Å². The van der Waals surface area contributed by atoms with E-state index in [1.54, 1.807) is 6.26 Å². The number of aliphatic hydroxyl groups excluding tert-OH is 1. The third-order valence-electron chi connectivity index (χ3n) is 5.20. The van der Waals surface area contributed by atoms with E-state index < -0.39 is 0 Å². The van der Waals surface area contributed by atoms with Crippen LogP contribution in [0, 0.1) is 0 Å². The highest BCUT2D eigenvalue weighted by Crippen LogP contribution is 2.25. The van der Waals surface area contributed by atoms with Gasteiger partial charge in [0.05, 0.1) is 19.4 Å². The highest BCUT2D eigenvalue weighted by molar-refractivity contribution is 5.44. The first-order valence-corrected chi connectivity index (χ1v) is 8.79. The van der Waals surface area contributed by atoms with Gasteiger partial charge in [0, 0.05) is 18.6 Å². The molecule has 2 aromatic rings. The Kier molecular flexibility index (Phi) is 4.64. The molecular weight excluding hydrogens is 308 g/mol. The van der Waals surface area contributed by atoms with E-state index in [4.69, 9.17) is 8.94 Å². The van der Waals surface area contributed by atoms with E-state index in [2.05, 4.69) is 19.9 Å². The van der Waals surface area contributed by atoms with Crippen LogP contribution in [0.25, 0.3) is 11.6 Å². The molecule has 0 bridgehead atoms. The summed E-state index contributed by atoms with van der Waals surface area (Å²) in [6.45, 7) is 4.11. The summed E-state index contributed by atoms with van der Waals surface area (Å²) >= 11 is 0. The lowest BCUT2D eigenvalue weighted by atomic mass is 10.2. The molecule has 7 nitrogen and oxygen atoms in total. The predicted molar refractivity (Wildman–Crippen MR) is 87.1 cm³/mol. The molecule has 2 aliphatic heterocycles. The van der Waals surface area contributed by atoms with Crippen molar-refractivity contribution in [1.82, 2.24) is 19.9 Å². The van der Waals surface area contributed by atoms with E-state index in [0.717, 1.165) is 26.1 Å². The summed E-state index contributed by atoms with van der Waals surface area (Å²) in [5.74, 6) is 1.77. The van der Waals surface area contributed by atoms with Gasteiger partial charge in [-0.15, -0.1) is 0 Å². The molecule has 130 valence electrons. The molecule has 4 heterocycles. The van der Waals surface area contributed by atoms with Crippen molar-refractivity contribution >= 4 is 0 Å². The normalized spacial score (nSPS) is 25.7. The number of hydrogen-bond donors (Lipinski definition) is 1. The third kappa shape index (κ3) is 3.24. The highest BCUT2D eigenvalue weighted by atomic mass is 16.5. The molecule has 2 fully saturated rings. The molecule has 0 aliphatic carbocycles. The average molecular weight is 332 g/mol. The van der Waals surface area contributed by atoms with Crippen LogP contribution >= 0.6 is 0 Å². The van der Waals surface area contributed by atoms with Crippen LogP contribution in [0.2, 0.25) is 0 Å². The number of aromatic nitrogens is 2. The van der Waals surface area contributed by atoms with Gasteiger partial charge >= 0.3 is 0 Å². The minimum Gasteiger partial charge on any atom is -0.461 e. The van der Waals surface area contributed by atoms with E-state index in [9.17, 15) is 5.11 Å². The Bertz CT molecular complexity index is 642. The van der Waals surface area contributed by atoms with Crippen LogP contribution < -0.4 is 0 Å². The zero-order chi connectivity index (χ0) is 16.4. The number of aliphatic hydroxyl groups is 1. The number of rotatable bonds is 6. The quantitative estimate of drug-likeness (QED) is 0.863. The van der Waals surface area contributed by atoms with Crippen LogP contribution in [-0.2, 0) is 6.54 Å². The second kappa shape index (κ2) is 7.04. The van der Waals surface area contributed by atoms with Crippen molar-refractivity contribution in [2.45, 2.75) is 44.3 Å². The summed E-state index contributed by atoms with van der Waals surface area (Å²) in [6, 6.07) is 4.48. The SMILES string of the molecule is OC[C@H]1CCCN1C[C@@H]1CCCN1Cc1nc(-c2ccco2)no1. The maximum absolute atomic E-state index is 9.51. The van der Waals surface area contributed by atoms with E-state index in [0.29, 0.717) is 36.1 Å². The molecule has 0 spiro atoms. The molecule has 2 aliphatic rings. The highest BCUT2D eigenvalue weighted by Gasteiger charge is 2.32. The summed E-state index contributed by atoms with van der Waals surface area (Å²) < 4.78 is 10.7. The molecule has 0 amide bonds. The van der Waals surface area contributed by atoms with Crippen LogP contribution in [-0.4, -0.2) is 63.4 Å². The molecule has 0 radical (unpaired) electrons. The lowest BCUT2D eigenvalue weighted by molar-refractivity contribution is 0.115. The first-order valence-electron chi connectivity index (χ1n) is 8.79. The zero-order valence-electron chi connectivity index (χ0n) is 13.8. The van der Waals surface area contributed by atoms with Gasteiger partial charge in [-0.05, 0) is 50.9 Å². The van der Waals surface area contributed by atoms with Crippen LogP contribution in [0.5, 0.6) is 0 Å². The van der Waals surface area contributed by atoms with Gasteiger partial charge in [-0.3, -0.25) is 9.80 Å². The fraction of sp³-hybridized carbons (Fsp3) is 0.647. The fourth-order valence-electron chi connectivity index (χ4n) is 3.92. The smallest absolute Gasteiger partial charge is 0.241 e. The van der Waals surface area contributed by atoms with Gasteiger partial charge in [-0.1, -0.05) is 5.16 Å². The van der Waals surface area contributed by atoms with Gasteiger partial charge in [-0.25, -0.2) is 0 Å². The molecule has 2 aromatic heterocycles. The molecule has 4 rings (SSSR count). The molecule has 0 saturated carbocycles. The summed E-state index contributed by atoms with van der Waals surface area (Å²) in [5.41, 5.74) is 0. The number of likely N-dealkylation sites (tertiary alicyclic amines) is 2. The Hall–Kier alpha value is -1.70. The monoisotopic (exact) mass is 332 g/mol. The Balaban J connectivity index is 1.38. The fourth-order valence-corrected chi connectivity index (χ4v) is 3.92. The van der Waals surface area contributed by atoms with Crippen molar-refractivity contribution in [1.29, 1.82) is 0 Å². The third-order valence-corrected chi connectivity index (χ3v) is 5.20. The number of hydrogen-bond acceptors (Lipinski definition) is 7. The van der Waals surface area contributed by atoms with E-state index in [1.165, 1.54) is 19.3 Å². The molecule has 7 heteroatoms. The summed E-state index contributed by atoms with van der Waals surface area (Å²) in [4.78, 5) is 9.31. The molecule has 0 aromatic carbocycles. The Labute approximate surface area is 141 Å². The summed E-state index contributed by atoms with van der Waals surface area (Å²) in [5, 5.41) is 13.5. The Morgan fingerprint density at radius 3 is 2.79 bits per heavy atom. The van der Waals surface area contributed by atoms with Crippen LogP contribution in [0.4, 0.5) is 0 Å². The summed E-state index contributed by atoms with van der Waals surface area (Å²) in [6.07, 6.45) is 6.29. The molecule has 24 heavy (non-hydrogen) atoms. The van der Waals surface area contributed by atoms with Gasteiger partial charge in [0.25, 0.3) is 0 Å². The van der Waals surface area contributed by atoms with E-state index in [-0.39, 0.29) is 6.61 Å². The van der Waals surface area contributed by atoms with Crippen molar-refractivity contribution in [2.24, 2.45) is 0 Å². The molecular formula is C17H24N4O3. The Morgan fingerprint density at radius 1 is 1.17 bits per heavy atom. The minimum atomic E-state index is 0.267. The predicted octanol–water partition coefficient (Wildman–Crippen LogP) is 1.75. The van der Waals surface area contributed by atoms with Gasteiger partial charge in [-0.2, -0.15) is 4.98 Å². The lowest BCUT2D eigenvalue weighted by Gasteiger charge is -2.30. The molecule has 0 unspecified atom stereocenters. The van der Waals surface area contributed by atoms with Crippen molar-refractivity contribution in [3.05, 3.63) is 24.3 Å². The Morgan fingerprint density at radius 2 is 2.00 bits per heavy atom. The number of furan rings is 1. The van der Waals surface area contributed by atoms with Crippen molar-refractivity contribution in [2.75, 3.05) is 26.2 Å². The van der Waals surface area contributed by atoms with Gasteiger partial charge in [0.2, 0.25) is 11.7 Å². The molecule has 1 N–H and O–H groups in total. The summed E-state index contributed by atoms with van der Waals surface area (Å²) in [7, 11) is 0. The standard InChI is InChI=1S/C17H24N4O3/c22-12-14-5-2-7-20(14)10-13-4-1-8-21(13)11-16-18-17(19-24-16)15-6-3-9-23-15/h3,6,9,13-14,22H,1-2,4-5,7-8,10-12H2/t13-,14+/m0/s1. The van der Waals surface area contributed by atoms with Crippen molar-refractivity contribution < 1.29 is 14.0 Å². The maximum Gasteiger partial charge on any atom is 0.241 e.